The topological polar surface area (TPSA) is 38.9 Å². The molecular formula is C8H9ClN2S. The summed E-state index contributed by atoms with van der Waals surface area (Å²) in [6, 6.07) is 3.72. The van der Waals surface area contributed by atoms with E-state index in [4.69, 9.17) is 17.3 Å². The molecule has 2 N–H and O–H groups in total. The van der Waals surface area contributed by atoms with Crippen molar-refractivity contribution in [3.05, 3.63) is 29.9 Å². The van der Waals surface area contributed by atoms with Crippen LogP contribution in [-0.4, -0.2) is 10.7 Å². The molecule has 0 amide bonds. The second-order valence-electron chi connectivity index (χ2n) is 2.09. The van der Waals surface area contributed by atoms with Crippen LogP contribution < -0.4 is 5.73 Å². The molecule has 0 unspecified atom stereocenters. The SMILES string of the molecule is Nc1ccc(SC/C=C/Cl)cn1. The van der Waals surface area contributed by atoms with Crippen molar-refractivity contribution in [2.75, 3.05) is 11.5 Å². The lowest BCUT2D eigenvalue weighted by molar-refractivity contribution is 1.25. The summed E-state index contributed by atoms with van der Waals surface area (Å²) in [5, 5.41) is 0. The summed E-state index contributed by atoms with van der Waals surface area (Å²) >= 11 is 7.03. The lowest BCUT2D eigenvalue weighted by atomic mass is 10.5. The van der Waals surface area contributed by atoms with Gasteiger partial charge in [-0.3, -0.25) is 0 Å². The van der Waals surface area contributed by atoms with Crippen LogP contribution in [0.1, 0.15) is 0 Å². The molecule has 0 saturated heterocycles. The summed E-state index contributed by atoms with van der Waals surface area (Å²) in [5.74, 6) is 1.40. The van der Waals surface area contributed by atoms with Crippen LogP contribution in [-0.2, 0) is 0 Å². The highest BCUT2D eigenvalue weighted by molar-refractivity contribution is 7.99. The number of nitrogen functional groups attached to an aromatic ring is 1. The maximum Gasteiger partial charge on any atom is 0.123 e. The van der Waals surface area contributed by atoms with Crippen LogP contribution in [0, 0.1) is 0 Å². The number of rotatable bonds is 3. The first kappa shape index (κ1) is 9.42. The van der Waals surface area contributed by atoms with Gasteiger partial charge in [-0.05, 0) is 12.1 Å². The fourth-order valence-electron chi connectivity index (χ4n) is 0.658. The Morgan fingerprint density at radius 2 is 2.42 bits per heavy atom. The number of thioether (sulfide) groups is 1. The Kier molecular flexibility index (Phi) is 3.97. The van der Waals surface area contributed by atoms with Crippen molar-refractivity contribution < 1.29 is 0 Å². The molecule has 0 bridgehead atoms. The van der Waals surface area contributed by atoms with Gasteiger partial charge < -0.3 is 5.73 Å². The summed E-state index contributed by atoms with van der Waals surface area (Å²) in [6.45, 7) is 0. The predicted octanol–water partition coefficient (Wildman–Crippen LogP) is 2.51. The average molecular weight is 201 g/mol. The minimum absolute atomic E-state index is 0.548. The van der Waals surface area contributed by atoms with Gasteiger partial charge >= 0.3 is 0 Å². The van der Waals surface area contributed by atoms with Crippen molar-refractivity contribution in [3.63, 3.8) is 0 Å². The molecule has 1 aromatic heterocycles. The van der Waals surface area contributed by atoms with E-state index in [1.54, 1.807) is 24.0 Å². The largest absolute Gasteiger partial charge is 0.384 e. The summed E-state index contributed by atoms with van der Waals surface area (Å²) in [4.78, 5) is 5.05. The molecule has 0 aromatic carbocycles. The van der Waals surface area contributed by atoms with Gasteiger partial charge in [0.1, 0.15) is 5.82 Å². The predicted molar refractivity (Wildman–Crippen MR) is 54.4 cm³/mol. The monoisotopic (exact) mass is 200 g/mol. The molecule has 0 aliphatic carbocycles. The zero-order valence-electron chi connectivity index (χ0n) is 6.40. The van der Waals surface area contributed by atoms with Crippen molar-refractivity contribution in [1.82, 2.24) is 4.98 Å². The van der Waals surface area contributed by atoms with E-state index in [-0.39, 0.29) is 0 Å². The Morgan fingerprint density at radius 1 is 1.58 bits per heavy atom. The second kappa shape index (κ2) is 5.06. The zero-order valence-corrected chi connectivity index (χ0v) is 7.98. The summed E-state index contributed by atoms with van der Waals surface area (Å²) < 4.78 is 0. The summed E-state index contributed by atoms with van der Waals surface area (Å²) in [7, 11) is 0. The van der Waals surface area contributed by atoms with Gasteiger partial charge in [0.2, 0.25) is 0 Å². The maximum absolute atomic E-state index is 5.43. The number of pyridine rings is 1. The maximum atomic E-state index is 5.43. The lowest BCUT2D eigenvalue weighted by Gasteiger charge is -1.96. The van der Waals surface area contributed by atoms with Crippen LogP contribution >= 0.6 is 23.4 Å². The Hall–Kier alpha value is -0.670. The normalized spacial score (nSPS) is 10.8. The molecule has 1 aromatic rings. The molecule has 0 saturated carbocycles. The van der Waals surface area contributed by atoms with Crippen LogP contribution in [0.25, 0.3) is 0 Å². The van der Waals surface area contributed by atoms with Crippen molar-refractivity contribution in [2.45, 2.75) is 4.90 Å². The number of nitrogens with two attached hydrogens (primary N) is 1. The minimum Gasteiger partial charge on any atom is -0.384 e. The molecule has 2 nitrogen and oxygen atoms in total. The number of aromatic nitrogens is 1. The van der Waals surface area contributed by atoms with Gasteiger partial charge in [-0.15, -0.1) is 11.8 Å². The highest BCUT2D eigenvalue weighted by atomic mass is 35.5. The van der Waals surface area contributed by atoms with Gasteiger partial charge in [0.25, 0.3) is 0 Å². The van der Waals surface area contributed by atoms with Crippen molar-refractivity contribution in [1.29, 1.82) is 0 Å². The van der Waals surface area contributed by atoms with Crippen LogP contribution in [0.2, 0.25) is 0 Å². The van der Waals surface area contributed by atoms with Gasteiger partial charge in [-0.1, -0.05) is 17.7 Å². The van der Waals surface area contributed by atoms with Gasteiger partial charge in [0, 0.05) is 22.4 Å². The molecule has 0 aliphatic rings. The van der Waals surface area contributed by atoms with Crippen molar-refractivity contribution in [3.8, 4) is 0 Å². The number of anilines is 1. The highest BCUT2D eigenvalue weighted by Crippen LogP contribution is 2.17. The van der Waals surface area contributed by atoms with Crippen molar-refractivity contribution >= 4 is 29.2 Å². The van der Waals surface area contributed by atoms with Gasteiger partial charge in [-0.25, -0.2) is 4.98 Å². The zero-order chi connectivity index (χ0) is 8.81. The summed E-state index contributed by atoms with van der Waals surface area (Å²) in [6.07, 6.45) is 3.63. The highest BCUT2D eigenvalue weighted by Gasteiger charge is 1.91. The van der Waals surface area contributed by atoms with E-state index < -0.39 is 0 Å². The Labute approximate surface area is 80.8 Å². The molecule has 1 heterocycles. The molecule has 0 fully saturated rings. The molecule has 0 spiro atoms. The molecule has 0 atom stereocenters. The first-order chi connectivity index (χ1) is 5.83. The van der Waals surface area contributed by atoms with Crippen molar-refractivity contribution in [2.24, 2.45) is 0 Å². The Morgan fingerprint density at radius 3 is 3.00 bits per heavy atom. The van der Waals surface area contributed by atoms with E-state index in [0.29, 0.717) is 5.82 Å². The number of nitrogens with zero attached hydrogens (tertiary/aromatic N) is 1. The van der Waals surface area contributed by atoms with Gasteiger partial charge in [0.15, 0.2) is 0 Å². The first-order valence-electron chi connectivity index (χ1n) is 3.42. The number of hydrogen-bond acceptors (Lipinski definition) is 3. The Balaban J connectivity index is 2.47. The number of hydrogen-bond donors (Lipinski definition) is 1. The third-order valence-electron chi connectivity index (χ3n) is 1.19. The fourth-order valence-corrected chi connectivity index (χ4v) is 1.53. The molecule has 0 radical (unpaired) electrons. The summed E-state index contributed by atoms with van der Waals surface area (Å²) in [5.41, 5.74) is 6.94. The van der Waals surface area contributed by atoms with Crippen LogP contribution in [0.3, 0.4) is 0 Å². The Bertz CT molecular complexity index is 258. The smallest absolute Gasteiger partial charge is 0.123 e. The van der Waals surface area contributed by atoms with Crippen LogP contribution in [0.15, 0.2) is 34.8 Å². The van der Waals surface area contributed by atoms with Gasteiger partial charge in [0.05, 0.1) is 0 Å². The second-order valence-corrected chi connectivity index (χ2v) is 3.44. The quantitative estimate of drug-likeness (QED) is 0.763. The molecule has 0 aliphatic heterocycles. The third kappa shape index (κ3) is 3.15. The van der Waals surface area contributed by atoms with Crippen LogP contribution in [0.4, 0.5) is 5.82 Å². The minimum atomic E-state index is 0.548. The fraction of sp³-hybridized carbons (Fsp3) is 0.125. The molecule has 12 heavy (non-hydrogen) atoms. The van der Waals surface area contributed by atoms with E-state index in [1.165, 1.54) is 5.54 Å². The molecule has 4 heteroatoms. The van der Waals surface area contributed by atoms with E-state index in [1.807, 2.05) is 12.1 Å². The standard InChI is InChI=1S/C8H9ClN2S/c9-4-1-5-12-7-2-3-8(10)11-6-7/h1-4,6H,5H2,(H2,10,11)/b4-1+. The number of halogens is 1. The average Bonchev–Trinajstić information content (AvgIpc) is 2.09. The molecule has 1 rings (SSSR count). The van der Waals surface area contributed by atoms with E-state index >= 15 is 0 Å². The van der Waals surface area contributed by atoms with E-state index in [0.717, 1.165) is 10.6 Å². The first-order valence-corrected chi connectivity index (χ1v) is 4.84. The van der Waals surface area contributed by atoms with Gasteiger partial charge in [-0.2, -0.15) is 0 Å². The molecule has 64 valence electrons. The van der Waals surface area contributed by atoms with E-state index in [2.05, 4.69) is 4.98 Å². The third-order valence-corrected chi connectivity index (χ3v) is 2.31. The molecular weight excluding hydrogens is 192 g/mol. The lowest BCUT2D eigenvalue weighted by Crippen LogP contribution is -1.87. The van der Waals surface area contributed by atoms with E-state index in [9.17, 15) is 0 Å². The van der Waals surface area contributed by atoms with Crippen LogP contribution in [0.5, 0.6) is 0 Å².